The molecule has 1 heterocycles. The Morgan fingerprint density at radius 1 is 1.41 bits per heavy atom. The summed E-state index contributed by atoms with van der Waals surface area (Å²) in [5.74, 6) is -0.365. The Labute approximate surface area is 101 Å². The number of piperidine rings is 1. The molecule has 0 aromatic heterocycles. The van der Waals surface area contributed by atoms with Crippen molar-refractivity contribution < 1.29 is 9.50 Å². The molecule has 1 saturated heterocycles. The number of phenols is 1. The van der Waals surface area contributed by atoms with Crippen LogP contribution in [0.5, 0.6) is 5.75 Å². The fourth-order valence-corrected chi connectivity index (χ4v) is 2.15. The molecular weight excluding hydrogens is 219 g/mol. The lowest BCUT2D eigenvalue weighted by Crippen LogP contribution is -2.40. The Hall–Kier alpha value is -1.13. The smallest absolute Gasteiger partial charge is 0.126 e. The fraction of sp³-hybridized carbons (Fsp3) is 0.538. The van der Waals surface area contributed by atoms with Crippen molar-refractivity contribution in [1.29, 1.82) is 0 Å². The van der Waals surface area contributed by atoms with Gasteiger partial charge in [0.25, 0.3) is 0 Å². The van der Waals surface area contributed by atoms with Gasteiger partial charge in [0.05, 0.1) is 0 Å². The van der Waals surface area contributed by atoms with Crippen molar-refractivity contribution in [2.75, 3.05) is 20.1 Å². The highest BCUT2D eigenvalue weighted by molar-refractivity contribution is 5.32. The van der Waals surface area contributed by atoms with Crippen LogP contribution in [-0.2, 0) is 6.54 Å². The molecular formula is C13H19FN2O. The molecule has 1 fully saturated rings. The largest absolute Gasteiger partial charge is 0.508 e. The van der Waals surface area contributed by atoms with Crippen LogP contribution < -0.4 is 5.32 Å². The Morgan fingerprint density at radius 3 is 2.76 bits per heavy atom. The topological polar surface area (TPSA) is 35.5 Å². The molecule has 0 atom stereocenters. The number of nitrogens with one attached hydrogen (secondary N) is 1. The molecule has 0 radical (unpaired) electrons. The fourth-order valence-electron chi connectivity index (χ4n) is 2.15. The number of hydrogen-bond acceptors (Lipinski definition) is 3. The lowest BCUT2D eigenvalue weighted by Gasteiger charge is -2.29. The zero-order chi connectivity index (χ0) is 12.3. The first kappa shape index (κ1) is 12.3. The molecule has 2 rings (SSSR count). The Kier molecular flexibility index (Phi) is 3.97. The molecule has 0 amide bonds. The third-order valence-electron chi connectivity index (χ3n) is 3.35. The minimum absolute atomic E-state index is 0.0328. The second-order valence-corrected chi connectivity index (χ2v) is 4.73. The molecule has 4 heteroatoms. The van der Waals surface area contributed by atoms with Crippen molar-refractivity contribution in [3.8, 4) is 5.75 Å². The summed E-state index contributed by atoms with van der Waals surface area (Å²) < 4.78 is 12.8. The summed E-state index contributed by atoms with van der Waals surface area (Å²) in [4.78, 5) is 2.31. The van der Waals surface area contributed by atoms with Gasteiger partial charge in [-0.1, -0.05) is 6.07 Å². The standard InChI is InChI=1S/C13H19FN2O/c1-16-6-4-12(5-7-16)15-9-10-2-3-11(14)8-13(10)17/h2-3,8,12,15,17H,4-7,9H2,1H3. The van der Waals surface area contributed by atoms with E-state index in [0.717, 1.165) is 37.6 Å². The monoisotopic (exact) mass is 238 g/mol. The zero-order valence-corrected chi connectivity index (χ0v) is 10.1. The number of phenolic OH excluding ortho intramolecular Hbond substituents is 1. The molecule has 0 saturated carbocycles. The van der Waals surface area contributed by atoms with Crippen LogP contribution in [0.3, 0.4) is 0 Å². The molecule has 0 unspecified atom stereocenters. The van der Waals surface area contributed by atoms with E-state index in [0.29, 0.717) is 12.6 Å². The van der Waals surface area contributed by atoms with E-state index in [-0.39, 0.29) is 5.75 Å². The highest BCUT2D eigenvalue weighted by atomic mass is 19.1. The highest BCUT2D eigenvalue weighted by Crippen LogP contribution is 2.18. The lowest BCUT2D eigenvalue weighted by atomic mass is 10.0. The summed E-state index contributed by atoms with van der Waals surface area (Å²) in [6, 6.07) is 4.67. The van der Waals surface area contributed by atoms with Gasteiger partial charge in [-0.05, 0) is 39.0 Å². The number of rotatable bonds is 3. The van der Waals surface area contributed by atoms with Gasteiger partial charge in [-0.25, -0.2) is 4.39 Å². The van der Waals surface area contributed by atoms with Gasteiger partial charge in [0, 0.05) is 24.2 Å². The second-order valence-electron chi connectivity index (χ2n) is 4.73. The van der Waals surface area contributed by atoms with E-state index < -0.39 is 5.82 Å². The molecule has 0 aliphatic carbocycles. The number of nitrogens with zero attached hydrogens (tertiary/aromatic N) is 1. The van der Waals surface area contributed by atoms with E-state index in [9.17, 15) is 9.50 Å². The number of aromatic hydroxyl groups is 1. The van der Waals surface area contributed by atoms with Crippen LogP contribution in [0, 0.1) is 5.82 Å². The Morgan fingerprint density at radius 2 is 2.12 bits per heavy atom. The van der Waals surface area contributed by atoms with Gasteiger partial charge in [-0.15, -0.1) is 0 Å². The maximum atomic E-state index is 12.8. The van der Waals surface area contributed by atoms with Gasteiger partial charge in [-0.3, -0.25) is 0 Å². The Bertz CT molecular complexity index is 376. The summed E-state index contributed by atoms with van der Waals surface area (Å²) in [6.45, 7) is 2.81. The van der Waals surface area contributed by atoms with E-state index in [1.165, 1.54) is 6.07 Å². The molecule has 1 aliphatic heterocycles. The molecule has 3 nitrogen and oxygen atoms in total. The van der Waals surface area contributed by atoms with Crippen molar-refractivity contribution in [3.63, 3.8) is 0 Å². The van der Waals surface area contributed by atoms with Crippen LogP contribution in [0.2, 0.25) is 0 Å². The van der Waals surface area contributed by atoms with Gasteiger partial charge >= 0.3 is 0 Å². The highest BCUT2D eigenvalue weighted by Gasteiger charge is 2.16. The normalized spacial score (nSPS) is 18.5. The van der Waals surface area contributed by atoms with Crippen LogP contribution in [0.15, 0.2) is 18.2 Å². The molecule has 1 aromatic carbocycles. The SMILES string of the molecule is CN1CCC(NCc2ccc(F)cc2O)CC1. The van der Waals surface area contributed by atoms with Gasteiger partial charge in [0.1, 0.15) is 11.6 Å². The van der Waals surface area contributed by atoms with Crippen molar-refractivity contribution in [1.82, 2.24) is 10.2 Å². The minimum Gasteiger partial charge on any atom is -0.508 e. The van der Waals surface area contributed by atoms with E-state index in [2.05, 4.69) is 17.3 Å². The molecule has 17 heavy (non-hydrogen) atoms. The number of benzene rings is 1. The first-order valence-electron chi connectivity index (χ1n) is 6.04. The third kappa shape index (κ3) is 3.41. The van der Waals surface area contributed by atoms with E-state index in [1.54, 1.807) is 6.07 Å². The third-order valence-corrected chi connectivity index (χ3v) is 3.35. The van der Waals surface area contributed by atoms with E-state index in [1.807, 2.05) is 0 Å². The molecule has 1 aliphatic rings. The molecule has 0 spiro atoms. The van der Waals surface area contributed by atoms with Crippen LogP contribution in [0.1, 0.15) is 18.4 Å². The van der Waals surface area contributed by atoms with Crippen molar-refractivity contribution >= 4 is 0 Å². The number of hydrogen-bond donors (Lipinski definition) is 2. The maximum Gasteiger partial charge on any atom is 0.126 e. The second kappa shape index (κ2) is 5.47. The van der Waals surface area contributed by atoms with Crippen molar-refractivity contribution in [2.45, 2.75) is 25.4 Å². The van der Waals surface area contributed by atoms with Gasteiger partial charge in [0.2, 0.25) is 0 Å². The summed E-state index contributed by atoms with van der Waals surface area (Å²) in [5, 5.41) is 13.0. The maximum absolute atomic E-state index is 12.8. The van der Waals surface area contributed by atoms with Gasteiger partial charge in [0.15, 0.2) is 0 Å². The summed E-state index contributed by atoms with van der Waals surface area (Å²) >= 11 is 0. The minimum atomic E-state index is -0.398. The first-order chi connectivity index (χ1) is 8.15. The average Bonchev–Trinajstić information content (AvgIpc) is 2.30. The summed E-state index contributed by atoms with van der Waals surface area (Å²) in [7, 11) is 2.13. The van der Waals surface area contributed by atoms with Crippen molar-refractivity contribution in [2.24, 2.45) is 0 Å². The quantitative estimate of drug-likeness (QED) is 0.841. The van der Waals surface area contributed by atoms with E-state index >= 15 is 0 Å². The predicted octanol–water partition coefficient (Wildman–Crippen LogP) is 1.72. The van der Waals surface area contributed by atoms with Crippen LogP contribution >= 0.6 is 0 Å². The van der Waals surface area contributed by atoms with E-state index in [4.69, 9.17) is 0 Å². The van der Waals surface area contributed by atoms with Gasteiger partial charge in [-0.2, -0.15) is 0 Å². The van der Waals surface area contributed by atoms with Crippen LogP contribution in [-0.4, -0.2) is 36.2 Å². The van der Waals surface area contributed by atoms with Crippen LogP contribution in [0.4, 0.5) is 4.39 Å². The Balaban J connectivity index is 1.85. The zero-order valence-electron chi connectivity index (χ0n) is 10.1. The van der Waals surface area contributed by atoms with Gasteiger partial charge < -0.3 is 15.3 Å². The molecule has 2 N–H and O–H groups in total. The average molecular weight is 238 g/mol. The van der Waals surface area contributed by atoms with Crippen molar-refractivity contribution in [3.05, 3.63) is 29.6 Å². The molecule has 94 valence electrons. The first-order valence-corrected chi connectivity index (χ1v) is 6.04. The number of likely N-dealkylation sites (tertiary alicyclic amines) is 1. The predicted molar refractivity (Wildman–Crippen MR) is 65.4 cm³/mol. The number of halogens is 1. The van der Waals surface area contributed by atoms with Crippen LogP contribution in [0.25, 0.3) is 0 Å². The summed E-state index contributed by atoms with van der Waals surface area (Å²) in [6.07, 6.45) is 2.25. The molecule has 1 aromatic rings. The molecule has 0 bridgehead atoms. The summed E-state index contributed by atoms with van der Waals surface area (Å²) in [5.41, 5.74) is 0.755. The lowest BCUT2D eigenvalue weighted by molar-refractivity contribution is 0.233.